The second kappa shape index (κ2) is 5.99. The van der Waals surface area contributed by atoms with E-state index in [4.69, 9.17) is 4.74 Å². The number of likely N-dealkylation sites (tertiary alicyclic amines) is 1. The van der Waals surface area contributed by atoms with E-state index in [0.717, 1.165) is 0 Å². The van der Waals surface area contributed by atoms with Gasteiger partial charge in [-0.2, -0.15) is 0 Å². The molecule has 0 saturated carbocycles. The Hall–Kier alpha value is -1.30. The highest BCUT2D eigenvalue weighted by Crippen LogP contribution is 2.23. The van der Waals surface area contributed by atoms with Crippen LogP contribution < -0.4 is 5.32 Å². The smallest absolute Gasteiger partial charge is 0.408 e. The Morgan fingerprint density at radius 1 is 1.30 bits per heavy atom. The number of piperidine rings is 1. The summed E-state index contributed by atoms with van der Waals surface area (Å²) in [5.74, 6) is -0.260. The predicted molar refractivity (Wildman–Crippen MR) is 75.3 cm³/mol. The minimum Gasteiger partial charge on any atom is -0.444 e. The van der Waals surface area contributed by atoms with Gasteiger partial charge in [0.25, 0.3) is 5.91 Å². The van der Waals surface area contributed by atoms with Crippen LogP contribution in [-0.2, 0) is 9.53 Å². The topological polar surface area (TPSA) is 78.9 Å². The predicted octanol–water partition coefficient (Wildman–Crippen LogP) is 1.27. The van der Waals surface area contributed by atoms with Gasteiger partial charge >= 0.3 is 6.09 Å². The third-order valence-electron chi connectivity index (χ3n) is 3.34. The maximum absolute atomic E-state index is 11.8. The van der Waals surface area contributed by atoms with Gasteiger partial charge in [-0.25, -0.2) is 4.79 Å². The molecule has 0 aromatic rings. The van der Waals surface area contributed by atoms with Gasteiger partial charge in [-0.15, -0.1) is 0 Å². The second-order valence-electron chi connectivity index (χ2n) is 6.69. The summed E-state index contributed by atoms with van der Waals surface area (Å²) in [7, 11) is 0. The van der Waals surface area contributed by atoms with E-state index in [-0.39, 0.29) is 11.4 Å². The third-order valence-corrected chi connectivity index (χ3v) is 3.34. The minimum absolute atomic E-state index is 0.260. The number of amides is 2. The normalized spacial score (nSPS) is 20.2. The number of carbonyl (C=O) groups is 2. The van der Waals surface area contributed by atoms with E-state index in [9.17, 15) is 14.7 Å². The average molecular weight is 286 g/mol. The van der Waals surface area contributed by atoms with E-state index < -0.39 is 17.8 Å². The molecule has 2 amide bonds. The number of hydrogen-bond donors (Lipinski definition) is 2. The maximum Gasteiger partial charge on any atom is 0.408 e. The number of ether oxygens (including phenoxy) is 1. The summed E-state index contributed by atoms with van der Waals surface area (Å²) in [6, 6.07) is 0. The molecule has 1 saturated heterocycles. The first kappa shape index (κ1) is 16.8. The Morgan fingerprint density at radius 2 is 1.80 bits per heavy atom. The summed E-state index contributed by atoms with van der Waals surface area (Å²) in [4.78, 5) is 25.1. The Labute approximate surface area is 120 Å². The molecule has 1 heterocycles. The molecule has 6 nitrogen and oxygen atoms in total. The molecule has 0 bridgehead atoms. The van der Waals surface area contributed by atoms with E-state index >= 15 is 0 Å². The monoisotopic (exact) mass is 286 g/mol. The molecule has 0 radical (unpaired) electrons. The number of carbonyl (C=O) groups excluding carboxylic acids is 2. The van der Waals surface area contributed by atoms with Crippen LogP contribution in [0.2, 0.25) is 0 Å². The van der Waals surface area contributed by atoms with Gasteiger partial charge in [-0.3, -0.25) is 4.79 Å². The van der Waals surface area contributed by atoms with E-state index in [1.807, 2.05) is 27.7 Å². The Morgan fingerprint density at radius 3 is 2.20 bits per heavy atom. The summed E-state index contributed by atoms with van der Waals surface area (Å²) in [5.41, 5.74) is -0.902. The van der Waals surface area contributed by atoms with E-state index in [2.05, 4.69) is 5.32 Å². The van der Waals surface area contributed by atoms with E-state index in [1.165, 1.54) is 6.92 Å². The molecule has 0 aromatic carbocycles. The van der Waals surface area contributed by atoms with Crippen LogP contribution in [0.5, 0.6) is 0 Å². The molecule has 2 N–H and O–H groups in total. The fourth-order valence-corrected chi connectivity index (χ4v) is 2.16. The van der Waals surface area contributed by atoms with Gasteiger partial charge in [0.05, 0.1) is 0 Å². The molecule has 116 valence electrons. The van der Waals surface area contributed by atoms with Crippen molar-refractivity contribution in [3.05, 3.63) is 0 Å². The van der Waals surface area contributed by atoms with Crippen molar-refractivity contribution in [2.45, 2.75) is 64.7 Å². The first-order valence-electron chi connectivity index (χ1n) is 7.00. The van der Waals surface area contributed by atoms with Crippen molar-refractivity contribution < 1.29 is 19.4 Å². The molecule has 0 aromatic heterocycles. The summed E-state index contributed by atoms with van der Waals surface area (Å²) in [6.45, 7) is 9.92. The van der Waals surface area contributed by atoms with Crippen LogP contribution in [0.4, 0.5) is 4.79 Å². The maximum atomic E-state index is 11.8. The molecular weight excluding hydrogens is 260 g/mol. The van der Waals surface area contributed by atoms with Crippen molar-refractivity contribution in [2.24, 2.45) is 0 Å². The first-order valence-corrected chi connectivity index (χ1v) is 7.00. The summed E-state index contributed by atoms with van der Waals surface area (Å²) in [6.07, 6.45) is -0.122. The van der Waals surface area contributed by atoms with Crippen LogP contribution in [-0.4, -0.2) is 52.3 Å². The lowest BCUT2D eigenvalue weighted by atomic mass is 9.89. The second-order valence-corrected chi connectivity index (χ2v) is 6.69. The first-order chi connectivity index (χ1) is 9.02. The molecule has 1 aliphatic rings. The van der Waals surface area contributed by atoms with Crippen LogP contribution in [0.3, 0.4) is 0 Å². The molecule has 0 spiro atoms. The standard InChI is InChI=1S/C14H26N2O4/c1-10(17)11(18)16-8-6-14(5,7-9-16)15-12(19)20-13(2,3)4/h10,17H,6-9H2,1-5H3,(H,15,19)/t10-/m0/s1. The van der Waals surface area contributed by atoms with Gasteiger partial charge in [-0.1, -0.05) is 0 Å². The van der Waals surface area contributed by atoms with Gasteiger partial charge < -0.3 is 20.1 Å². The van der Waals surface area contributed by atoms with Gasteiger partial charge in [0.1, 0.15) is 11.7 Å². The fraction of sp³-hybridized carbons (Fsp3) is 0.857. The minimum atomic E-state index is -0.974. The average Bonchev–Trinajstić information content (AvgIpc) is 2.25. The summed E-state index contributed by atoms with van der Waals surface area (Å²) in [5, 5.41) is 12.2. The van der Waals surface area contributed by atoms with Crippen molar-refractivity contribution in [1.82, 2.24) is 10.2 Å². The number of nitrogens with one attached hydrogen (secondary N) is 1. The van der Waals surface area contributed by atoms with Crippen LogP contribution in [0, 0.1) is 0 Å². The fourth-order valence-electron chi connectivity index (χ4n) is 2.16. The lowest BCUT2D eigenvalue weighted by Gasteiger charge is -2.40. The molecule has 20 heavy (non-hydrogen) atoms. The molecule has 0 aliphatic carbocycles. The zero-order valence-corrected chi connectivity index (χ0v) is 13.0. The largest absolute Gasteiger partial charge is 0.444 e. The number of hydrogen-bond acceptors (Lipinski definition) is 4. The van der Waals surface area contributed by atoms with E-state index in [1.54, 1.807) is 4.90 Å². The molecule has 0 unspecified atom stereocenters. The number of aliphatic hydroxyl groups excluding tert-OH is 1. The molecular formula is C14H26N2O4. The van der Waals surface area contributed by atoms with Crippen molar-refractivity contribution in [2.75, 3.05) is 13.1 Å². The lowest BCUT2D eigenvalue weighted by Crippen LogP contribution is -2.56. The van der Waals surface area contributed by atoms with Crippen molar-refractivity contribution in [1.29, 1.82) is 0 Å². The SMILES string of the molecule is C[C@H](O)C(=O)N1CCC(C)(NC(=O)OC(C)(C)C)CC1. The summed E-state index contributed by atoms with van der Waals surface area (Å²) < 4.78 is 5.25. The quantitative estimate of drug-likeness (QED) is 0.801. The van der Waals surface area contributed by atoms with Gasteiger partial charge in [0, 0.05) is 18.6 Å². The number of alkyl carbamates (subject to hydrolysis) is 1. The molecule has 1 fully saturated rings. The highest BCUT2D eigenvalue weighted by Gasteiger charge is 2.35. The Kier molecular flexibility index (Phi) is 5.02. The zero-order valence-electron chi connectivity index (χ0n) is 13.0. The molecule has 1 aliphatic heterocycles. The lowest BCUT2D eigenvalue weighted by molar-refractivity contribution is -0.140. The molecule has 1 rings (SSSR count). The van der Waals surface area contributed by atoms with Crippen LogP contribution in [0.25, 0.3) is 0 Å². The molecule has 1 atom stereocenters. The van der Waals surface area contributed by atoms with Crippen LogP contribution in [0.15, 0.2) is 0 Å². The van der Waals surface area contributed by atoms with Crippen molar-refractivity contribution in [3.63, 3.8) is 0 Å². The van der Waals surface area contributed by atoms with Crippen molar-refractivity contribution in [3.8, 4) is 0 Å². The van der Waals surface area contributed by atoms with Gasteiger partial charge in [0.15, 0.2) is 0 Å². The molecule has 6 heteroatoms. The van der Waals surface area contributed by atoms with Gasteiger partial charge in [-0.05, 0) is 47.5 Å². The van der Waals surface area contributed by atoms with Gasteiger partial charge in [0.2, 0.25) is 0 Å². The van der Waals surface area contributed by atoms with Crippen LogP contribution in [0.1, 0.15) is 47.5 Å². The summed E-state index contributed by atoms with van der Waals surface area (Å²) >= 11 is 0. The zero-order chi connectivity index (χ0) is 15.6. The Balaban J connectivity index is 2.50. The number of rotatable bonds is 2. The number of aliphatic hydroxyl groups is 1. The highest BCUT2D eigenvalue weighted by molar-refractivity contribution is 5.80. The Bertz CT molecular complexity index is 366. The number of nitrogens with zero attached hydrogens (tertiary/aromatic N) is 1. The van der Waals surface area contributed by atoms with Crippen molar-refractivity contribution >= 4 is 12.0 Å². The van der Waals surface area contributed by atoms with Crippen LogP contribution >= 0.6 is 0 Å². The third kappa shape index (κ3) is 5.00. The highest BCUT2D eigenvalue weighted by atomic mass is 16.6. The van der Waals surface area contributed by atoms with E-state index in [0.29, 0.717) is 25.9 Å².